The Balaban J connectivity index is 1.29. The van der Waals surface area contributed by atoms with E-state index in [9.17, 15) is 14.0 Å². The Morgan fingerprint density at radius 1 is 1.33 bits per heavy atom. The summed E-state index contributed by atoms with van der Waals surface area (Å²) in [5, 5.41) is 6.35. The predicted molar refractivity (Wildman–Crippen MR) is 103 cm³/mol. The molecule has 1 aromatic carbocycles. The highest BCUT2D eigenvalue weighted by atomic mass is 32.2. The van der Waals surface area contributed by atoms with Crippen LogP contribution in [0.4, 0.5) is 9.18 Å². The lowest BCUT2D eigenvalue weighted by atomic mass is 10.0. The van der Waals surface area contributed by atoms with Crippen molar-refractivity contribution >= 4 is 23.7 Å². The van der Waals surface area contributed by atoms with E-state index >= 15 is 0 Å². The number of rotatable bonds is 9. The number of para-hydroxylation sites is 1. The van der Waals surface area contributed by atoms with Crippen LogP contribution in [0.1, 0.15) is 25.7 Å². The number of hydrogen-bond acceptors (Lipinski definition) is 4. The average Bonchev–Trinajstić information content (AvgIpc) is 3.19. The summed E-state index contributed by atoms with van der Waals surface area (Å²) in [6, 6.07) is 6.65. The van der Waals surface area contributed by atoms with E-state index in [0.717, 1.165) is 25.0 Å². The number of fused-ring (bicyclic) bond motifs is 1. The van der Waals surface area contributed by atoms with Crippen molar-refractivity contribution in [2.45, 2.75) is 43.0 Å². The molecule has 148 valence electrons. The first-order valence-electron chi connectivity index (χ1n) is 9.34. The standard InChI is InChI=1S/C19H26FN3O3S/c1-23(10-11-26-15-7-3-2-6-13(15)20)17(24)9-5-4-8-16-18-14(12-27-16)21-19(25)22-18/h2-3,6-7,14,16,18H,4-5,8-12H2,1H3,(H2,21,22,25)/t14-,16+,18-/m1/s1. The molecular formula is C19H26FN3O3S. The zero-order valence-electron chi connectivity index (χ0n) is 15.4. The van der Waals surface area contributed by atoms with E-state index in [1.54, 1.807) is 30.1 Å². The molecule has 0 aromatic heterocycles. The molecule has 0 radical (unpaired) electrons. The molecule has 0 aliphatic carbocycles. The Hall–Kier alpha value is -1.96. The maximum Gasteiger partial charge on any atom is 0.315 e. The summed E-state index contributed by atoms with van der Waals surface area (Å²) in [5.41, 5.74) is 0. The number of carbonyl (C=O) groups excluding carboxylic acids is 2. The molecular weight excluding hydrogens is 369 g/mol. The molecule has 2 N–H and O–H groups in total. The van der Waals surface area contributed by atoms with Crippen LogP contribution in [-0.2, 0) is 4.79 Å². The third-order valence-electron chi connectivity index (χ3n) is 5.01. The Morgan fingerprint density at radius 2 is 2.15 bits per heavy atom. The number of ether oxygens (including phenoxy) is 1. The largest absolute Gasteiger partial charge is 0.489 e. The van der Waals surface area contributed by atoms with Gasteiger partial charge >= 0.3 is 6.03 Å². The molecule has 2 heterocycles. The minimum Gasteiger partial charge on any atom is -0.489 e. The van der Waals surface area contributed by atoms with E-state index in [1.165, 1.54) is 6.07 Å². The highest BCUT2D eigenvalue weighted by Crippen LogP contribution is 2.33. The molecule has 3 atom stereocenters. The first-order valence-corrected chi connectivity index (χ1v) is 10.4. The first kappa shape index (κ1) is 19.8. The van der Waals surface area contributed by atoms with E-state index in [2.05, 4.69) is 10.6 Å². The molecule has 0 bridgehead atoms. The quantitative estimate of drug-likeness (QED) is 0.498. The number of unbranched alkanes of at least 4 members (excludes halogenated alkanes) is 1. The van der Waals surface area contributed by atoms with E-state index in [1.807, 2.05) is 11.8 Å². The van der Waals surface area contributed by atoms with Crippen LogP contribution in [0.3, 0.4) is 0 Å². The molecule has 8 heteroatoms. The van der Waals surface area contributed by atoms with E-state index in [-0.39, 0.29) is 36.4 Å². The minimum absolute atomic E-state index is 0.0651. The summed E-state index contributed by atoms with van der Waals surface area (Å²) in [6.07, 6.45) is 3.28. The number of nitrogens with zero attached hydrogens (tertiary/aromatic N) is 1. The molecule has 2 saturated heterocycles. The summed E-state index contributed by atoms with van der Waals surface area (Å²) in [6.45, 7) is 0.685. The molecule has 6 nitrogen and oxygen atoms in total. The third kappa shape index (κ3) is 5.28. The number of hydrogen-bond donors (Lipinski definition) is 2. The highest BCUT2D eigenvalue weighted by Gasteiger charge is 2.42. The van der Waals surface area contributed by atoms with Gasteiger partial charge in [0.05, 0.1) is 18.6 Å². The highest BCUT2D eigenvalue weighted by molar-refractivity contribution is 8.00. The Morgan fingerprint density at radius 3 is 2.96 bits per heavy atom. The Kier molecular flexibility index (Phi) is 6.82. The zero-order chi connectivity index (χ0) is 19.2. The van der Waals surface area contributed by atoms with E-state index in [0.29, 0.717) is 18.2 Å². The van der Waals surface area contributed by atoms with Crippen molar-refractivity contribution in [3.05, 3.63) is 30.1 Å². The molecule has 1 aromatic rings. The van der Waals surface area contributed by atoms with Gasteiger partial charge in [0.2, 0.25) is 5.91 Å². The van der Waals surface area contributed by atoms with Crippen LogP contribution in [-0.4, -0.2) is 60.1 Å². The fourth-order valence-corrected chi connectivity index (χ4v) is 4.98. The lowest BCUT2D eigenvalue weighted by molar-refractivity contribution is -0.130. The second kappa shape index (κ2) is 9.30. The van der Waals surface area contributed by atoms with E-state index in [4.69, 9.17) is 4.74 Å². The van der Waals surface area contributed by atoms with Crippen molar-refractivity contribution in [1.82, 2.24) is 15.5 Å². The van der Waals surface area contributed by atoms with Gasteiger partial charge in [-0.15, -0.1) is 0 Å². The van der Waals surface area contributed by atoms with Gasteiger partial charge in [-0.05, 0) is 25.0 Å². The summed E-state index contributed by atoms with van der Waals surface area (Å²) < 4.78 is 18.9. The lowest BCUT2D eigenvalue weighted by Crippen LogP contribution is -2.36. The lowest BCUT2D eigenvalue weighted by Gasteiger charge is -2.19. The van der Waals surface area contributed by atoms with Crippen molar-refractivity contribution in [2.24, 2.45) is 0 Å². The van der Waals surface area contributed by atoms with Gasteiger partial charge < -0.3 is 20.3 Å². The number of amides is 3. The molecule has 2 aliphatic rings. The van der Waals surface area contributed by atoms with Gasteiger partial charge in [0.1, 0.15) is 6.61 Å². The van der Waals surface area contributed by atoms with Crippen LogP contribution < -0.4 is 15.4 Å². The van der Waals surface area contributed by atoms with Gasteiger partial charge in [0, 0.05) is 24.5 Å². The number of thioether (sulfide) groups is 1. The molecule has 0 unspecified atom stereocenters. The van der Waals surface area contributed by atoms with Gasteiger partial charge in [0.25, 0.3) is 0 Å². The van der Waals surface area contributed by atoms with Crippen molar-refractivity contribution in [1.29, 1.82) is 0 Å². The molecule has 0 saturated carbocycles. The van der Waals surface area contributed by atoms with Crippen molar-refractivity contribution in [2.75, 3.05) is 26.0 Å². The molecule has 27 heavy (non-hydrogen) atoms. The fraction of sp³-hybridized carbons (Fsp3) is 0.579. The normalized spacial score (nSPS) is 23.5. The number of benzene rings is 1. The second-order valence-electron chi connectivity index (χ2n) is 6.96. The van der Waals surface area contributed by atoms with Crippen molar-refractivity contribution < 1.29 is 18.7 Å². The Bertz CT molecular complexity index is 675. The summed E-state index contributed by atoms with van der Waals surface area (Å²) >= 11 is 1.89. The third-order valence-corrected chi connectivity index (χ3v) is 6.52. The predicted octanol–water partition coefficient (Wildman–Crippen LogP) is 2.39. The van der Waals surface area contributed by atoms with Crippen LogP contribution in [0.5, 0.6) is 5.75 Å². The van der Waals surface area contributed by atoms with Gasteiger partial charge in [-0.1, -0.05) is 18.6 Å². The number of halogens is 1. The summed E-state index contributed by atoms with van der Waals surface area (Å²) in [5.74, 6) is 0.837. The molecule has 3 amide bonds. The minimum atomic E-state index is -0.396. The van der Waals surface area contributed by atoms with Crippen LogP contribution >= 0.6 is 11.8 Å². The number of carbonyl (C=O) groups is 2. The molecule has 2 fully saturated rings. The van der Waals surface area contributed by atoms with Crippen LogP contribution in [0.15, 0.2) is 24.3 Å². The summed E-state index contributed by atoms with van der Waals surface area (Å²) in [4.78, 5) is 25.2. The zero-order valence-corrected chi connectivity index (χ0v) is 16.3. The molecule has 0 spiro atoms. The van der Waals surface area contributed by atoms with Gasteiger partial charge in [-0.25, -0.2) is 9.18 Å². The maximum atomic E-state index is 13.5. The monoisotopic (exact) mass is 395 g/mol. The van der Waals surface area contributed by atoms with Crippen LogP contribution in [0.25, 0.3) is 0 Å². The van der Waals surface area contributed by atoms with Crippen LogP contribution in [0.2, 0.25) is 0 Å². The van der Waals surface area contributed by atoms with Crippen molar-refractivity contribution in [3.63, 3.8) is 0 Å². The maximum absolute atomic E-state index is 13.5. The fourth-order valence-electron chi connectivity index (χ4n) is 3.43. The summed E-state index contributed by atoms with van der Waals surface area (Å²) in [7, 11) is 1.74. The van der Waals surface area contributed by atoms with Crippen molar-refractivity contribution in [3.8, 4) is 5.75 Å². The Labute approximate surface area is 163 Å². The number of likely N-dealkylation sites (N-methyl/N-ethyl adjacent to an activating group) is 1. The van der Waals surface area contributed by atoms with Gasteiger partial charge in [-0.2, -0.15) is 11.8 Å². The number of nitrogens with one attached hydrogen (secondary N) is 2. The van der Waals surface area contributed by atoms with Gasteiger partial charge in [0.15, 0.2) is 11.6 Å². The molecule has 3 rings (SSSR count). The number of urea groups is 1. The van der Waals surface area contributed by atoms with Gasteiger partial charge in [-0.3, -0.25) is 4.79 Å². The molecule has 2 aliphatic heterocycles. The average molecular weight is 396 g/mol. The smallest absolute Gasteiger partial charge is 0.315 e. The first-order chi connectivity index (χ1) is 13.0. The van der Waals surface area contributed by atoms with Crippen LogP contribution in [0, 0.1) is 5.82 Å². The second-order valence-corrected chi connectivity index (χ2v) is 8.23. The topological polar surface area (TPSA) is 70.7 Å². The SMILES string of the molecule is CN(CCOc1ccccc1F)C(=O)CCCC[C@@H]1SC[C@H]2NC(=O)N[C@@H]12. The van der Waals surface area contributed by atoms with E-state index < -0.39 is 5.82 Å².